The molecule has 0 spiro atoms. The topological polar surface area (TPSA) is 54.0 Å². The number of anilines is 1. The zero-order chi connectivity index (χ0) is 19.8. The number of nitrogens with zero attached hydrogens (tertiary/aromatic N) is 1. The summed E-state index contributed by atoms with van der Waals surface area (Å²) in [5.41, 5.74) is 4.02. The Morgan fingerprint density at radius 3 is 2.79 bits per heavy atom. The summed E-state index contributed by atoms with van der Waals surface area (Å²) in [4.78, 5) is 16.3. The first-order valence-electron chi connectivity index (χ1n) is 9.07. The van der Waals surface area contributed by atoms with Crippen LogP contribution in [-0.4, -0.2) is 10.9 Å². The maximum atomic E-state index is 12.2. The normalized spacial score (nSPS) is 11.9. The van der Waals surface area contributed by atoms with Crippen molar-refractivity contribution >= 4 is 29.3 Å². The molecule has 0 saturated heterocycles. The van der Waals surface area contributed by atoms with Gasteiger partial charge in [-0.2, -0.15) is 0 Å². The minimum absolute atomic E-state index is 0.114. The highest BCUT2D eigenvalue weighted by Gasteiger charge is 2.08. The average molecular weight is 392 g/mol. The molecule has 1 unspecified atom stereocenters. The van der Waals surface area contributed by atoms with Crippen molar-refractivity contribution in [2.75, 3.05) is 5.32 Å². The summed E-state index contributed by atoms with van der Waals surface area (Å²) in [6.45, 7) is 2.66. The molecule has 4 nitrogen and oxygen atoms in total. The molecule has 0 aliphatic rings. The van der Waals surface area contributed by atoms with Gasteiger partial charge in [0, 0.05) is 35.7 Å². The monoisotopic (exact) mass is 391 g/mol. The highest BCUT2D eigenvalue weighted by Crippen LogP contribution is 2.18. The van der Waals surface area contributed by atoms with Crippen LogP contribution in [0.1, 0.15) is 29.7 Å². The molecule has 1 amide bonds. The highest BCUT2D eigenvalue weighted by atomic mass is 35.5. The van der Waals surface area contributed by atoms with E-state index in [1.807, 2.05) is 67.7 Å². The third-order valence-electron chi connectivity index (χ3n) is 4.24. The molecule has 0 radical (unpaired) electrons. The van der Waals surface area contributed by atoms with Gasteiger partial charge in [0.15, 0.2) is 0 Å². The number of nitrogens with one attached hydrogen (secondary N) is 2. The largest absolute Gasteiger partial charge is 0.381 e. The van der Waals surface area contributed by atoms with E-state index in [-0.39, 0.29) is 11.9 Å². The Labute approximate surface area is 170 Å². The van der Waals surface area contributed by atoms with E-state index < -0.39 is 0 Å². The Morgan fingerprint density at radius 2 is 2.00 bits per heavy atom. The first kappa shape index (κ1) is 19.6. The first-order valence-corrected chi connectivity index (χ1v) is 9.45. The maximum Gasteiger partial charge on any atom is 0.244 e. The van der Waals surface area contributed by atoms with Gasteiger partial charge in [0.25, 0.3) is 0 Å². The van der Waals surface area contributed by atoms with E-state index in [4.69, 9.17) is 11.6 Å². The van der Waals surface area contributed by atoms with Crippen molar-refractivity contribution in [1.29, 1.82) is 0 Å². The standard InChI is InChI=1S/C23H22ClN3O/c1-17(27-23(28)11-10-18-5-2-8-21(24)13-18)20-7-3-9-22(14-20)26-16-19-6-4-12-25-15-19/h2-15,17,26H,16H2,1H3,(H,27,28)/b11-10+. The quantitative estimate of drug-likeness (QED) is 0.541. The summed E-state index contributed by atoms with van der Waals surface area (Å²) < 4.78 is 0. The van der Waals surface area contributed by atoms with Crippen molar-refractivity contribution in [1.82, 2.24) is 10.3 Å². The summed E-state index contributed by atoms with van der Waals surface area (Å²) in [6.07, 6.45) is 6.87. The van der Waals surface area contributed by atoms with Crippen LogP contribution in [-0.2, 0) is 11.3 Å². The summed E-state index contributed by atoms with van der Waals surface area (Å²) in [5, 5.41) is 7.01. The van der Waals surface area contributed by atoms with Crippen molar-refractivity contribution in [3.63, 3.8) is 0 Å². The molecular weight excluding hydrogens is 370 g/mol. The first-order chi connectivity index (χ1) is 13.6. The molecule has 0 bridgehead atoms. The number of benzene rings is 2. The number of pyridine rings is 1. The van der Waals surface area contributed by atoms with Crippen LogP contribution in [0.4, 0.5) is 5.69 Å². The van der Waals surface area contributed by atoms with E-state index in [9.17, 15) is 4.79 Å². The molecule has 28 heavy (non-hydrogen) atoms. The SMILES string of the molecule is CC(NC(=O)/C=C/c1cccc(Cl)c1)c1cccc(NCc2cccnc2)c1. The molecule has 3 aromatic rings. The van der Waals surface area contributed by atoms with Crippen molar-refractivity contribution in [3.05, 3.63) is 101 Å². The summed E-state index contributed by atoms with van der Waals surface area (Å²) >= 11 is 5.96. The molecule has 1 aromatic heterocycles. The number of rotatable bonds is 7. The van der Waals surface area contributed by atoms with Gasteiger partial charge in [-0.25, -0.2) is 0 Å². The van der Waals surface area contributed by atoms with E-state index in [1.165, 1.54) is 6.08 Å². The van der Waals surface area contributed by atoms with E-state index in [0.717, 1.165) is 22.4 Å². The average Bonchev–Trinajstić information content (AvgIpc) is 2.72. The smallest absolute Gasteiger partial charge is 0.244 e. The molecule has 2 aromatic carbocycles. The summed E-state index contributed by atoms with van der Waals surface area (Å²) in [6, 6.07) is 19.2. The van der Waals surface area contributed by atoms with Crippen LogP contribution in [0.15, 0.2) is 79.1 Å². The third-order valence-corrected chi connectivity index (χ3v) is 4.48. The molecule has 0 fully saturated rings. The van der Waals surface area contributed by atoms with E-state index >= 15 is 0 Å². The molecule has 1 atom stereocenters. The zero-order valence-corrected chi connectivity index (χ0v) is 16.4. The second-order valence-electron chi connectivity index (χ2n) is 6.46. The summed E-state index contributed by atoms with van der Waals surface area (Å²) in [7, 11) is 0. The molecule has 1 heterocycles. The molecule has 0 saturated carbocycles. The van der Waals surface area contributed by atoms with Crippen LogP contribution < -0.4 is 10.6 Å². The highest BCUT2D eigenvalue weighted by molar-refractivity contribution is 6.30. The lowest BCUT2D eigenvalue weighted by molar-refractivity contribution is -0.117. The van der Waals surface area contributed by atoms with Gasteiger partial charge in [0.1, 0.15) is 0 Å². The Morgan fingerprint density at radius 1 is 1.14 bits per heavy atom. The number of carbonyl (C=O) groups is 1. The van der Waals surface area contributed by atoms with Gasteiger partial charge in [-0.15, -0.1) is 0 Å². The molecule has 0 aliphatic carbocycles. The molecule has 5 heteroatoms. The lowest BCUT2D eigenvalue weighted by Crippen LogP contribution is -2.24. The summed E-state index contributed by atoms with van der Waals surface area (Å²) in [5.74, 6) is -0.152. The molecule has 0 aliphatic heterocycles. The van der Waals surface area contributed by atoms with E-state index in [0.29, 0.717) is 11.6 Å². The second kappa shape index (κ2) is 9.72. The number of hydrogen-bond donors (Lipinski definition) is 2. The Balaban J connectivity index is 1.57. The van der Waals surface area contributed by atoms with Crippen molar-refractivity contribution < 1.29 is 4.79 Å². The predicted molar refractivity (Wildman–Crippen MR) is 115 cm³/mol. The molecule has 3 rings (SSSR count). The van der Waals surface area contributed by atoms with Crippen LogP contribution in [0.3, 0.4) is 0 Å². The lowest BCUT2D eigenvalue weighted by atomic mass is 10.1. The molecule has 142 valence electrons. The van der Waals surface area contributed by atoms with Crippen LogP contribution in [0.5, 0.6) is 0 Å². The van der Waals surface area contributed by atoms with E-state index in [1.54, 1.807) is 18.3 Å². The number of halogens is 1. The zero-order valence-electron chi connectivity index (χ0n) is 15.6. The van der Waals surface area contributed by atoms with Crippen LogP contribution >= 0.6 is 11.6 Å². The fourth-order valence-corrected chi connectivity index (χ4v) is 2.95. The van der Waals surface area contributed by atoms with Gasteiger partial charge < -0.3 is 10.6 Å². The fraction of sp³-hybridized carbons (Fsp3) is 0.130. The molecule has 2 N–H and O–H groups in total. The van der Waals surface area contributed by atoms with Crippen molar-refractivity contribution in [2.24, 2.45) is 0 Å². The van der Waals surface area contributed by atoms with Gasteiger partial charge in [0.2, 0.25) is 5.91 Å². The van der Waals surface area contributed by atoms with Gasteiger partial charge >= 0.3 is 0 Å². The van der Waals surface area contributed by atoms with Crippen molar-refractivity contribution in [2.45, 2.75) is 19.5 Å². The van der Waals surface area contributed by atoms with Gasteiger partial charge in [-0.05, 0) is 60.0 Å². The van der Waals surface area contributed by atoms with Gasteiger partial charge in [-0.1, -0.05) is 41.9 Å². The Kier molecular flexibility index (Phi) is 6.82. The number of aromatic nitrogens is 1. The van der Waals surface area contributed by atoms with Gasteiger partial charge in [0.05, 0.1) is 6.04 Å². The van der Waals surface area contributed by atoms with Crippen LogP contribution in [0.2, 0.25) is 5.02 Å². The van der Waals surface area contributed by atoms with Crippen molar-refractivity contribution in [3.8, 4) is 0 Å². The fourth-order valence-electron chi connectivity index (χ4n) is 2.75. The minimum atomic E-state index is -0.152. The third kappa shape index (κ3) is 5.96. The molecular formula is C23H22ClN3O. The Bertz CT molecular complexity index is 957. The minimum Gasteiger partial charge on any atom is -0.381 e. The Hall–Kier alpha value is -3.11. The lowest BCUT2D eigenvalue weighted by Gasteiger charge is -2.15. The predicted octanol–water partition coefficient (Wildman–Crippen LogP) is 5.24. The number of carbonyl (C=O) groups excluding carboxylic acids is 1. The van der Waals surface area contributed by atoms with Gasteiger partial charge in [-0.3, -0.25) is 9.78 Å². The maximum absolute atomic E-state index is 12.2. The van der Waals surface area contributed by atoms with Crippen LogP contribution in [0.25, 0.3) is 6.08 Å². The van der Waals surface area contributed by atoms with Crippen LogP contribution in [0, 0.1) is 0 Å². The second-order valence-corrected chi connectivity index (χ2v) is 6.90. The number of amides is 1. The van der Waals surface area contributed by atoms with E-state index in [2.05, 4.69) is 15.6 Å². The number of hydrogen-bond acceptors (Lipinski definition) is 3.